The number of anilines is 1. The van der Waals surface area contributed by atoms with E-state index < -0.39 is 4.92 Å². The van der Waals surface area contributed by atoms with E-state index in [0.717, 1.165) is 0 Å². The molecule has 0 aromatic carbocycles. The minimum absolute atomic E-state index is 0.00880. The van der Waals surface area contributed by atoms with Gasteiger partial charge >= 0.3 is 5.69 Å². The first-order chi connectivity index (χ1) is 7.68. The highest BCUT2D eigenvalue weighted by molar-refractivity contribution is 5.59. The fraction of sp³-hybridized carbons (Fsp3) is 0.500. The molecule has 6 nitrogen and oxygen atoms in total. The number of nitro groups is 1. The maximum atomic E-state index is 10.7. The van der Waals surface area contributed by atoms with Gasteiger partial charge in [-0.3, -0.25) is 15.1 Å². The number of nitrogens with zero attached hydrogens (tertiary/aromatic N) is 2. The molecule has 6 heteroatoms. The highest BCUT2D eigenvalue weighted by atomic mass is 16.6. The van der Waals surface area contributed by atoms with Crippen LogP contribution in [0.25, 0.3) is 0 Å². The molecule has 0 bridgehead atoms. The first-order valence-electron chi connectivity index (χ1n) is 5.26. The number of hydrogen-bond acceptors (Lipinski definition) is 5. The molecule has 1 atom stereocenters. The highest BCUT2D eigenvalue weighted by Gasteiger charge is 2.28. The van der Waals surface area contributed by atoms with Gasteiger partial charge in [-0.2, -0.15) is 0 Å². The average Bonchev–Trinajstić information content (AvgIpc) is 3.10. The van der Waals surface area contributed by atoms with Crippen molar-refractivity contribution >= 4 is 11.4 Å². The van der Waals surface area contributed by atoms with Crippen molar-refractivity contribution in [3.05, 3.63) is 28.6 Å². The Morgan fingerprint density at radius 2 is 2.44 bits per heavy atom. The van der Waals surface area contributed by atoms with Crippen molar-refractivity contribution in [2.24, 2.45) is 11.7 Å². The molecule has 1 aliphatic carbocycles. The van der Waals surface area contributed by atoms with Gasteiger partial charge in [0.15, 0.2) is 0 Å². The third kappa shape index (κ3) is 2.46. The summed E-state index contributed by atoms with van der Waals surface area (Å²) in [5.74, 6) is 0.577. The number of pyridine rings is 1. The van der Waals surface area contributed by atoms with E-state index in [9.17, 15) is 10.1 Å². The van der Waals surface area contributed by atoms with Gasteiger partial charge in [-0.1, -0.05) is 0 Å². The van der Waals surface area contributed by atoms with E-state index in [4.69, 9.17) is 5.73 Å². The van der Waals surface area contributed by atoms with Gasteiger partial charge in [-0.15, -0.1) is 0 Å². The quantitative estimate of drug-likeness (QED) is 0.575. The maximum absolute atomic E-state index is 10.7. The molecule has 0 aliphatic heterocycles. The Balaban J connectivity index is 1.99. The lowest BCUT2D eigenvalue weighted by Gasteiger charge is -2.12. The second-order valence-corrected chi connectivity index (χ2v) is 4.03. The van der Waals surface area contributed by atoms with Gasteiger partial charge in [-0.25, -0.2) is 0 Å². The summed E-state index contributed by atoms with van der Waals surface area (Å²) in [6, 6.07) is 1.67. The second-order valence-electron chi connectivity index (χ2n) is 4.03. The third-order valence-electron chi connectivity index (χ3n) is 2.75. The lowest BCUT2D eigenvalue weighted by molar-refractivity contribution is -0.384. The Kier molecular flexibility index (Phi) is 3.00. The van der Waals surface area contributed by atoms with E-state index in [2.05, 4.69) is 10.3 Å². The molecule has 0 amide bonds. The van der Waals surface area contributed by atoms with Crippen molar-refractivity contribution in [3.8, 4) is 0 Å². The first kappa shape index (κ1) is 10.8. The number of nitrogens with two attached hydrogens (primary N) is 1. The molecule has 2 rings (SSSR count). The van der Waals surface area contributed by atoms with Gasteiger partial charge in [0.1, 0.15) is 11.9 Å². The van der Waals surface area contributed by atoms with Crippen molar-refractivity contribution in [2.75, 3.05) is 11.9 Å². The van der Waals surface area contributed by atoms with Crippen LogP contribution in [0.2, 0.25) is 0 Å². The molecule has 1 fully saturated rings. The Labute approximate surface area is 93.0 Å². The monoisotopic (exact) mass is 222 g/mol. The van der Waals surface area contributed by atoms with Crippen LogP contribution in [-0.2, 0) is 0 Å². The van der Waals surface area contributed by atoms with Gasteiger partial charge in [-0.05, 0) is 24.8 Å². The number of rotatable bonds is 5. The van der Waals surface area contributed by atoms with Crippen LogP contribution in [0, 0.1) is 16.0 Å². The van der Waals surface area contributed by atoms with Crippen LogP contribution >= 0.6 is 0 Å². The zero-order chi connectivity index (χ0) is 11.5. The first-order valence-corrected chi connectivity index (χ1v) is 5.26. The topological polar surface area (TPSA) is 94.1 Å². The molecule has 1 saturated carbocycles. The van der Waals surface area contributed by atoms with Crippen molar-refractivity contribution in [2.45, 2.75) is 18.9 Å². The maximum Gasteiger partial charge on any atom is 0.310 e. The van der Waals surface area contributed by atoms with Crippen LogP contribution in [-0.4, -0.2) is 22.5 Å². The zero-order valence-electron chi connectivity index (χ0n) is 8.80. The summed E-state index contributed by atoms with van der Waals surface area (Å²) in [6.45, 7) is 0.565. The fourth-order valence-electron chi connectivity index (χ4n) is 1.60. The molecular formula is C10H14N4O2. The highest BCUT2D eigenvalue weighted by Crippen LogP contribution is 2.32. The van der Waals surface area contributed by atoms with E-state index in [0.29, 0.717) is 18.2 Å². The predicted octanol–water partition coefficient (Wildman–Crippen LogP) is 1.14. The number of nitrogens with one attached hydrogen (secondary N) is 1. The van der Waals surface area contributed by atoms with E-state index in [1.54, 1.807) is 6.07 Å². The Bertz CT molecular complexity index is 392. The molecule has 1 heterocycles. The molecule has 3 N–H and O–H groups in total. The minimum Gasteiger partial charge on any atom is -0.378 e. The lowest BCUT2D eigenvalue weighted by atomic mass is 10.2. The normalized spacial score (nSPS) is 16.8. The number of aromatic nitrogens is 1. The summed E-state index contributed by atoms with van der Waals surface area (Å²) < 4.78 is 0. The molecule has 1 aromatic heterocycles. The predicted molar refractivity (Wildman–Crippen MR) is 60.1 cm³/mol. The molecule has 16 heavy (non-hydrogen) atoms. The molecule has 1 aromatic rings. The van der Waals surface area contributed by atoms with Gasteiger partial charge < -0.3 is 11.1 Å². The summed E-state index contributed by atoms with van der Waals surface area (Å²) in [7, 11) is 0. The summed E-state index contributed by atoms with van der Waals surface area (Å²) in [6.07, 6.45) is 5.10. The lowest BCUT2D eigenvalue weighted by Crippen LogP contribution is -2.31. The summed E-state index contributed by atoms with van der Waals surface area (Å²) in [4.78, 5) is 14.0. The average molecular weight is 222 g/mol. The van der Waals surface area contributed by atoms with Gasteiger partial charge in [0, 0.05) is 18.8 Å². The van der Waals surface area contributed by atoms with Crippen molar-refractivity contribution in [3.63, 3.8) is 0 Å². The van der Waals surface area contributed by atoms with Crippen LogP contribution in [0.1, 0.15) is 12.8 Å². The molecular weight excluding hydrogens is 208 g/mol. The molecule has 0 saturated heterocycles. The summed E-state index contributed by atoms with van der Waals surface area (Å²) >= 11 is 0. The molecule has 86 valence electrons. The van der Waals surface area contributed by atoms with E-state index in [1.165, 1.54) is 25.2 Å². The van der Waals surface area contributed by atoms with Crippen LogP contribution in [0.15, 0.2) is 18.5 Å². The fourth-order valence-corrected chi connectivity index (χ4v) is 1.60. The smallest absolute Gasteiger partial charge is 0.310 e. The summed E-state index contributed by atoms with van der Waals surface area (Å²) in [5.41, 5.74) is 6.38. The van der Waals surface area contributed by atoms with Gasteiger partial charge in [0.25, 0.3) is 0 Å². The standard InChI is InChI=1S/C10H14N4O2/c11-8(7-1-2-7)5-13-9-3-4-12-6-10(9)14(15)16/h3-4,6-8H,1-2,5,11H2,(H,12,13). The molecule has 1 unspecified atom stereocenters. The van der Waals surface area contributed by atoms with Crippen molar-refractivity contribution in [1.82, 2.24) is 4.98 Å². The van der Waals surface area contributed by atoms with Crippen molar-refractivity contribution < 1.29 is 4.92 Å². The Morgan fingerprint density at radius 1 is 1.69 bits per heavy atom. The van der Waals surface area contributed by atoms with Crippen LogP contribution < -0.4 is 11.1 Å². The van der Waals surface area contributed by atoms with E-state index in [-0.39, 0.29) is 11.7 Å². The SMILES string of the molecule is NC(CNc1ccncc1[N+](=O)[O-])C1CC1. The van der Waals surface area contributed by atoms with Crippen LogP contribution in [0.5, 0.6) is 0 Å². The Morgan fingerprint density at radius 3 is 3.06 bits per heavy atom. The van der Waals surface area contributed by atoms with Crippen LogP contribution in [0.4, 0.5) is 11.4 Å². The second kappa shape index (κ2) is 4.44. The molecule has 0 spiro atoms. The minimum atomic E-state index is -0.446. The largest absolute Gasteiger partial charge is 0.378 e. The molecule has 0 radical (unpaired) electrons. The van der Waals surface area contributed by atoms with Gasteiger partial charge in [0.05, 0.1) is 4.92 Å². The summed E-state index contributed by atoms with van der Waals surface area (Å²) in [5, 5.41) is 13.7. The van der Waals surface area contributed by atoms with E-state index >= 15 is 0 Å². The third-order valence-corrected chi connectivity index (χ3v) is 2.75. The zero-order valence-corrected chi connectivity index (χ0v) is 8.80. The Hall–Kier alpha value is -1.69. The van der Waals surface area contributed by atoms with Crippen molar-refractivity contribution in [1.29, 1.82) is 0 Å². The van der Waals surface area contributed by atoms with Gasteiger partial charge in [0.2, 0.25) is 0 Å². The van der Waals surface area contributed by atoms with Crippen LogP contribution in [0.3, 0.4) is 0 Å². The van der Waals surface area contributed by atoms with E-state index in [1.807, 2.05) is 0 Å². The number of hydrogen-bond donors (Lipinski definition) is 2. The molecule has 1 aliphatic rings.